The molecule has 1 heterocycles. The number of nitrogens with two attached hydrogens (primary N) is 1. The van der Waals surface area contributed by atoms with Gasteiger partial charge in [-0.3, -0.25) is 14.9 Å². The number of carbonyl (C=O) groups is 1. The number of hydrogen-bond acceptors (Lipinski definition) is 4. The fraction of sp³-hybridized carbons (Fsp3) is 0.111. The predicted molar refractivity (Wildman–Crippen MR) is 91.4 cm³/mol. The molecule has 0 aliphatic carbocycles. The Kier molecular flexibility index (Phi) is 4.76. The van der Waals surface area contributed by atoms with Gasteiger partial charge >= 0.3 is 0 Å². The van der Waals surface area contributed by atoms with Crippen molar-refractivity contribution in [3.05, 3.63) is 71.7 Å². The Morgan fingerprint density at radius 3 is 2.48 bits per heavy atom. The number of nitrogens with one attached hydrogen (secondary N) is 1. The number of aromatic nitrogens is 2. The Morgan fingerprint density at radius 1 is 1.20 bits per heavy atom. The lowest BCUT2D eigenvalue weighted by atomic mass is 10.1. The van der Waals surface area contributed by atoms with Crippen molar-refractivity contribution in [3.8, 4) is 17.0 Å². The lowest BCUT2D eigenvalue weighted by Crippen LogP contribution is -2.32. The molecule has 0 spiro atoms. The zero-order chi connectivity index (χ0) is 17.8. The molecule has 1 amide bonds. The van der Waals surface area contributed by atoms with Gasteiger partial charge in [-0.15, -0.1) is 0 Å². The molecular weight excluding hydrogens is 323 g/mol. The molecule has 2 aromatic carbocycles. The molecule has 3 N–H and O–H groups in total. The first-order valence-corrected chi connectivity index (χ1v) is 7.58. The van der Waals surface area contributed by atoms with Gasteiger partial charge < -0.3 is 4.74 Å². The number of amides is 1. The largest absolute Gasteiger partial charge is 0.497 e. The first kappa shape index (κ1) is 16.7. The van der Waals surface area contributed by atoms with E-state index < -0.39 is 5.91 Å². The highest BCUT2D eigenvalue weighted by Crippen LogP contribution is 2.23. The van der Waals surface area contributed by atoms with Crippen LogP contribution in [0, 0.1) is 5.82 Å². The van der Waals surface area contributed by atoms with E-state index in [1.165, 1.54) is 16.8 Å². The molecule has 25 heavy (non-hydrogen) atoms. The van der Waals surface area contributed by atoms with Crippen LogP contribution in [-0.4, -0.2) is 22.8 Å². The van der Waals surface area contributed by atoms with Crippen LogP contribution in [0.5, 0.6) is 5.75 Å². The van der Waals surface area contributed by atoms with Gasteiger partial charge in [-0.25, -0.2) is 10.2 Å². The molecule has 3 rings (SSSR count). The Hall–Kier alpha value is -3.19. The highest BCUT2D eigenvalue weighted by Gasteiger charge is 2.16. The highest BCUT2D eigenvalue weighted by atomic mass is 19.1. The van der Waals surface area contributed by atoms with E-state index in [2.05, 4.69) is 10.5 Å². The summed E-state index contributed by atoms with van der Waals surface area (Å²) in [5.74, 6) is 5.23. The van der Waals surface area contributed by atoms with Gasteiger partial charge in [0.15, 0.2) is 0 Å². The maximum Gasteiger partial charge on any atom is 0.283 e. The maximum atomic E-state index is 13.1. The summed E-state index contributed by atoms with van der Waals surface area (Å²) in [6, 6.07) is 15.0. The molecule has 0 unspecified atom stereocenters. The lowest BCUT2D eigenvalue weighted by molar-refractivity contribution is 0.0943. The number of ether oxygens (including phenoxy) is 1. The van der Waals surface area contributed by atoms with Crippen LogP contribution in [0.25, 0.3) is 11.3 Å². The van der Waals surface area contributed by atoms with Crippen LogP contribution in [0.1, 0.15) is 16.1 Å². The minimum absolute atomic E-state index is 0.317. The minimum Gasteiger partial charge on any atom is -0.497 e. The molecule has 0 fully saturated rings. The van der Waals surface area contributed by atoms with Crippen molar-refractivity contribution in [2.75, 3.05) is 7.11 Å². The van der Waals surface area contributed by atoms with E-state index in [-0.39, 0.29) is 5.82 Å². The zero-order valence-corrected chi connectivity index (χ0v) is 13.6. The van der Waals surface area contributed by atoms with Gasteiger partial charge in [0.25, 0.3) is 5.91 Å². The summed E-state index contributed by atoms with van der Waals surface area (Å²) >= 11 is 0. The summed E-state index contributed by atoms with van der Waals surface area (Å²) in [5, 5.41) is 4.49. The van der Waals surface area contributed by atoms with Crippen LogP contribution in [-0.2, 0) is 6.54 Å². The first-order chi connectivity index (χ1) is 12.1. The van der Waals surface area contributed by atoms with E-state index in [9.17, 15) is 9.18 Å². The van der Waals surface area contributed by atoms with Gasteiger partial charge in [-0.05, 0) is 48.0 Å². The Labute approximate surface area is 144 Å². The van der Waals surface area contributed by atoms with Crippen molar-refractivity contribution >= 4 is 5.91 Å². The van der Waals surface area contributed by atoms with Crippen molar-refractivity contribution in [2.45, 2.75) is 6.54 Å². The summed E-state index contributed by atoms with van der Waals surface area (Å²) in [6.07, 6.45) is 0. The molecule has 0 saturated heterocycles. The summed E-state index contributed by atoms with van der Waals surface area (Å²) in [4.78, 5) is 12.0. The minimum atomic E-state index is -0.450. The molecule has 7 heteroatoms. The zero-order valence-electron chi connectivity index (χ0n) is 13.6. The SMILES string of the molecule is COc1ccc(-c2cc(C(=O)NN)n(Cc3ccc(F)cc3)n2)cc1. The second-order valence-corrected chi connectivity index (χ2v) is 5.40. The summed E-state index contributed by atoms with van der Waals surface area (Å²) in [7, 11) is 1.59. The van der Waals surface area contributed by atoms with Crippen molar-refractivity contribution in [3.63, 3.8) is 0 Å². The second kappa shape index (κ2) is 7.14. The molecule has 128 valence electrons. The smallest absolute Gasteiger partial charge is 0.283 e. The third-order valence-corrected chi connectivity index (χ3v) is 3.78. The van der Waals surface area contributed by atoms with Crippen LogP contribution in [0.4, 0.5) is 4.39 Å². The summed E-state index contributed by atoms with van der Waals surface area (Å²) < 4.78 is 19.7. The van der Waals surface area contributed by atoms with Crippen LogP contribution < -0.4 is 16.0 Å². The topological polar surface area (TPSA) is 82.2 Å². The molecule has 0 radical (unpaired) electrons. The first-order valence-electron chi connectivity index (χ1n) is 7.58. The molecule has 0 aliphatic heterocycles. The predicted octanol–water partition coefficient (Wildman–Crippen LogP) is 2.35. The molecule has 0 bridgehead atoms. The fourth-order valence-corrected chi connectivity index (χ4v) is 2.46. The van der Waals surface area contributed by atoms with Gasteiger partial charge in [-0.2, -0.15) is 5.10 Å². The average Bonchev–Trinajstić information content (AvgIpc) is 3.07. The number of rotatable bonds is 5. The highest BCUT2D eigenvalue weighted by molar-refractivity contribution is 5.93. The third kappa shape index (κ3) is 3.67. The molecule has 0 aliphatic rings. The van der Waals surface area contributed by atoms with Gasteiger partial charge in [0.05, 0.1) is 19.3 Å². The Morgan fingerprint density at radius 2 is 1.88 bits per heavy atom. The van der Waals surface area contributed by atoms with Crippen LogP contribution in [0.2, 0.25) is 0 Å². The van der Waals surface area contributed by atoms with E-state index in [1.54, 1.807) is 25.3 Å². The summed E-state index contributed by atoms with van der Waals surface area (Å²) in [6.45, 7) is 0.319. The second-order valence-electron chi connectivity index (χ2n) is 5.40. The Balaban J connectivity index is 1.96. The van der Waals surface area contributed by atoms with Crippen molar-refractivity contribution in [1.82, 2.24) is 15.2 Å². The third-order valence-electron chi connectivity index (χ3n) is 3.78. The van der Waals surface area contributed by atoms with E-state index in [0.717, 1.165) is 16.9 Å². The quantitative estimate of drug-likeness (QED) is 0.424. The standard InChI is InChI=1S/C18H17FN4O2/c1-25-15-8-4-13(5-9-15)16-10-17(18(24)21-20)23(22-16)11-12-2-6-14(19)7-3-12/h2-10H,11,20H2,1H3,(H,21,24). The number of methoxy groups -OCH3 is 1. The maximum absolute atomic E-state index is 13.1. The monoisotopic (exact) mass is 340 g/mol. The van der Waals surface area contributed by atoms with Crippen molar-refractivity contribution in [1.29, 1.82) is 0 Å². The molecule has 0 saturated carbocycles. The number of benzene rings is 2. The fourth-order valence-electron chi connectivity index (χ4n) is 2.46. The van der Waals surface area contributed by atoms with Gasteiger partial charge in [0, 0.05) is 5.56 Å². The number of nitrogens with zero attached hydrogens (tertiary/aromatic N) is 2. The Bertz CT molecular complexity index is 873. The number of hydrogen-bond donors (Lipinski definition) is 2. The normalized spacial score (nSPS) is 10.5. The molecule has 1 aromatic heterocycles. The van der Waals surface area contributed by atoms with Crippen LogP contribution in [0.3, 0.4) is 0 Å². The molecular formula is C18H17FN4O2. The summed E-state index contributed by atoms with van der Waals surface area (Å²) in [5.41, 5.74) is 4.72. The van der Waals surface area contributed by atoms with Gasteiger partial charge in [0.2, 0.25) is 0 Å². The van der Waals surface area contributed by atoms with Crippen LogP contribution >= 0.6 is 0 Å². The van der Waals surface area contributed by atoms with E-state index in [4.69, 9.17) is 10.6 Å². The van der Waals surface area contributed by atoms with Crippen LogP contribution in [0.15, 0.2) is 54.6 Å². The number of nitrogen functional groups attached to an aromatic ring is 1. The molecule has 3 aromatic rings. The van der Waals surface area contributed by atoms with Crippen molar-refractivity contribution < 1.29 is 13.9 Å². The lowest BCUT2D eigenvalue weighted by Gasteiger charge is -2.06. The number of halogens is 1. The van der Waals surface area contributed by atoms with Gasteiger partial charge in [-0.1, -0.05) is 12.1 Å². The molecule has 6 nitrogen and oxygen atoms in total. The average molecular weight is 340 g/mol. The van der Waals surface area contributed by atoms with E-state index in [0.29, 0.717) is 17.9 Å². The number of hydrazine groups is 1. The van der Waals surface area contributed by atoms with E-state index in [1.807, 2.05) is 24.3 Å². The number of carbonyl (C=O) groups excluding carboxylic acids is 1. The molecule has 0 atom stereocenters. The van der Waals surface area contributed by atoms with Crippen molar-refractivity contribution in [2.24, 2.45) is 5.84 Å². The van der Waals surface area contributed by atoms with Gasteiger partial charge in [0.1, 0.15) is 17.3 Å². The van der Waals surface area contributed by atoms with E-state index >= 15 is 0 Å².